The third-order valence-electron chi connectivity index (χ3n) is 3.60. The molecular weight excluding hydrogens is 362 g/mol. The van der Waals surface area contributed by atoms with Gasteiger partial charge in [0.15, 0.2) is 16.7 Å². The Morgan fingerprint density at radius 1 is 1.28 bits per heavy atom. The van der Waals surface area contributed by atoms with Gasteiger partial charge < -0.3 is 8.98 Å². The Labute approximate surface area is 151 Å². The molecule has 4 rings (SSSR count). The Kier molecular flexibility index (Phi) is 4.06. The molecule has 0 aliphatic heterocycles. The number of hydrogen-bond donors (Lipinski definition) is 0. The predicted octanol–water partition coefficient (Wildman–Crippen LogP) is 3.03. The fourth-order valence-corrected chi connectivity index (χ4v) is 3.36. The third-order valence-corrected chi connectivity index (χ3v) is 4.88. The molecule has 0 unspecified atom stereocenters. The Balaban J connectivity index is 1.59. The van der Waals surface area contributed by atoms with Gasteiger partial charge in [-0.2, -0.15) is 0 Å². The van der Waals surface area contributed by atoms with Crippen LogP contribution in [0.25, 0.3) is 17.2 Å². The summed E-state index contributed by atoms with van der Waals surface area (Å²) in [4.78, 5) is 16.7. The van der Waals surface area contributed by atoms with Crippen molar-refractivity contribution in [2.75, 3.05) is 0 Å². The molecular formula is C16H12ClN5O2S. The highest BCUT2D eigenvalue weighted by Crippen LogP contribution is 2.24. The van der Waals surface area contributed by atoms with Gasteiger partial charge in [0, 0.05) is 25.1 Å². The fraction of sp³-hybridized carbons (Fsp3) is 0.125. The van der Waals surface area contributed by atoms with Crippen LogP contribution in [0.15, 0.2) is 57.2 Å². The molecule has 0 N–H and O–H groups in total. The molecule has 4 aromatic rings. The maximum Gasteiger partial charge on any atom is 0.258 e. The number of rotatable bonds is 4. The SMILES string of the molecule is Cn1c(SCc2cc(=O)n3cc(Cl)ccc3n2)nnc1-c1ccco1. The Morgan fingerprint density at radius 3 is 2.96 bits per heavy atom. The van der Waals surface area contributed by atoms with Crippen LogP contribution in [0, 0.1) is 0 Å². The van der Waals surface area contributed by atoms with Crippen molar-refractivity contribution >= 4 is 29.0 Å². The van der Waals surface area contributed by atoms with Gasteiger partial charge in [0.05, 0.1) is 17.0 Å². The molecule has 0 aliphatic rings. The van der Waals surface area contributed by atoms with Gasteiger partial charge in [0.1, 0.15) is 5.65 Å². The number of fused-ring (bicyclic) bond motifs is 1. The number of pyridine rings is 1. The van der Waals surface area contributed by atoms with Crippen LogP contribution in [0.5, 0.6) is 0 Å². The van der Waals surface area contributed by atoms with Crippen LogP contribution in [0.2, 0.25) is 5.02 Å². The molecule has 0 aromatic carbocycles. The van der Waals surface area contributed by atoms with Crippen LogP contribution in [0.4, 0.5) is 0 Å². The zero-order chi connectivity index (χ0) is 17.4. The van der Waals surface area contributed by atoms with Crippen molar-refractivity contribution in [3.63, 3.8) is 0 Å². The van der Waals surface area contributed by atoms with E-state index in [4.69, 9.17) is 16.0 Å². The maximum absolute atomic E-state index is 12.2. The van der Waals surface area contributed by atoms with Crippen molar-refractivity contribution in [2.45, 2.75) is 10.9 Å². The average molecular weight is 374 g/mol. The normalized spacial score (nSPS) is 11.3. The lowest BCUT2D eigenvalue weighted by molar-refractivity contribution is 0.572. The first-order valence-electron chi connectivity index (χ1n) is 7.36. The summed E-state index contributed by atoms with van der Waals surface area (Å²) in [5, 5.41) is 9.52. The molecule has 4 aromatic heterocycles. The van der Waals surface area contributed by atoms with E-state index in [1.54, 1.807) is 30.7 Å². The van der Waals surface area contributed by atoms with Gasteiger partial charge in [0.2, 0.25) is 0 Å². The lowest BCUT2D eigenvalue weighted by Crippen LogP contribution is -2.15. The van der Waals surface area contributed by atoms with Gasteiger partial charge in [-0.3, -0.25) is 9.20 Å². The molecule has 0 spiro atoms. The summed E-state index contributed by atoms with van der Waals surface area (Å²) in [6.45, 7) is 0. The van der Waals surface area contributed by atoms with E-state index in [-0.39, 0.29) is 5.56 Å². The molecule has 0 bridgehead atoms. The monoisotopic (exact) mass is 373 g/mol. The molecule has 25 heavy (non-hydrogen) atoms. The summed E-state index contributed by atoms with van der Waals surface area (Å²) in [5.74, 6) is 1.80. The summed E-state index contributed by atoms with van der Waals surface area (Å²) < 4.78 is 8.62. The maximum atomic E-state index is 12.2. The lowest BCUT2D eigenvalue weighted by Gasteiger charge is -2.05. The lowest BCUT2D eigenvalue weighted by atomic mass is 10.4. The molecule has 126 valence electrons. The summed E-state index contributed by atoms with van der Waals surface area (Å²) in [5.41, 5.74) is 1.05. The zero-order valence-electron chi connectivity index (χ0n) is 13.1. The molecule has 0 saturated carbocycles. The van der Waals surface area contributed by atoms with Gasteiger partial charge in [-0.05, 0) is 24.3 Å². The summed E-state index contributed by atoms with van der Waals surface area (Å²) >= 11 is 7.37. The topological polar surface area (TPSA) is 78.2 Å². The van der Waals surface area contributed by atoms with Gasteiger partial charge in [-0.15, -0.1) is 10.2 Å². The van der Waals surface area contributed by atoms with Crippen molar-refractivity contribution < 1.29 is 4.42 Å². The van der Waals surface area contributed by atoms with Crippen molar-refractivity contribution in [3.8, 4) is 11.6 Å². The molecule has 0 saturated heterocycles. The van der Waals surface area contributed by atoms with Crippen LogP contribution in [-0.4, -0.2) is 24.1 Å². The number of halogens is 1. The van der Waals surface area contributed by atoms with E-state index in [1.807, 2.05) is 17.7 Å². The second-order valence-electron chi connectivity index (χ2n) is 5.29. The average Bonchev–Trinajstić information content (AvgIpc) is 3.23. The van der Waals surface area contributed by atoms with E-state index in [0.717, 1.165) is 0 Å². The summed E-state index contributed by atoms with van der Waals surface area (Å²) in [6, 6.07) is 8.55. The molecule has 0 fully saturated rings. The van der Waals surface area contributed by atoms with Gasteiger partial charge in [0.25, 0.3) is 5.56 Å². The standard InChI is InChI=1S/C16H12ClN5O2S/c1-21-15(12-3-2-6-24-12)19-20-16(21)25-9-11-7-14(23)22-8-10(17)4-5-13(22)18-11/h2-8H,9H2,1H3. The third kappa shape index (κ3) is 3.06. The van der Waals surface area contributed by atoms with E-state index in [9.17, 15) is 4.79 Å². The van der Waals surface area contributed by atoms with Crippen molar-refractivity contribution in [1.29, 1.82) is 0 Å². The summed E-state index contributed by atoms with van der Waals surface area (Å²) in [7, 11) is 1.87. The van der Waals surface area contributed by atoms with E-state index in [1.165, 1.54) is 22.2 Å². The smallest absolute Gasteiger partial charge is 0.258 e. The zero-order valence-corrected chi connectivity index (χ0v) is 14.7. The van der Waals surface area contributed by atoms with Crippen LogP contribution < -0.4 is 5.56 Å². The van der Waals surface area contributed by atoms with Gasteiger partial charge in [-0.25, -0.2) is 4.98 Å². The number of thioether (sulfide) groups is 1. The van der Waals surface area contributed by atoms with Crippen LogP contribution >= 0.6 is 23.4 Å². The van der Waals surface area contributed by atoms with Crippen molar-refractivity contribution in [2.24, 2.45) is 7.05 Å². The highest BCUT2D eigenvalue weighted by Gasteiger charge is 2.14. The molecule has 9 heteroatoms. The molecule has 0 amide bonds. The minimum atomic E-state index is -0.169. The van der Waals surface area contributed by atoms with E-state index in [2.05, 4.69) is 15.2 Å². The highest BCUT2D eigenvalue weighted by atomic mass is 35.5. The number of furan rings is 1. The first kappa shape index (κ1) is 15.9. The fourth-order valence-electron chi connectivity index (χ4n) is 2.40. The molecule has 7 nitrogen and oxygen atoms in total. The molecule has 4 heterocycles. The van der Waals surface area contributed by atoms with Crippen molar-refractivity contribution in [1.82, 2.24) is 24.1 Å². The Bertz CT molecular complexity index is 1100. The molecule has 0 aliphatic carbocycles. The summed E-state index contributed by atoms with van der Waals surface area (Å²) in [6.07, 6.45) is 3.15. The molecule has 0 radical (unpaired) electrons. The first-order valence-corrected chi connectivity index (χ1v) is 8.72. The van der Waals surface area contributed by atoms with Crippen LogP contribution in [-0.2, 0) is 12.8 Å². The van der Waals surface area contributed by atoms with E-state index >= 15 is 0 Å². The minimum absolute atomic E-state index is 0.169. The van der Waals surface area contributed by atoms with Crippen LogP contribution in [0.1, 0.15) is 5.69 Å². The van der Waals surface area contributed by atoms with E-state index in [0.29, 0.717) is 38.9 Å². The quantitative estimate of drug-likeness (QED) is 0.512. The number of hydrogen-bond acceptors (Lipinski definition) is 6. The second-order valence-corrected chi connectivity index (χ2v) is 6.67. The van der Waals surface area contributed by atoms with E-state index < -0.39 is 0 Å². The minimum Gasteiger partial charge on any atom is -0.461 e. The van der Waals surface area contributed by atoms with Crippen LogP contribution in [0.3, 0.4) is 0 Å². The highest BCUT2D eigenvalue weighted by molar-refractivity contribution is 7.98. The largest absolute Gasteiger partial charge is 0.461 e. The van der Waals surface area contributed by atoms with Gasteiger partial charge in [-0.1, -0.05) is 23.4 Å². The predicted molar refractivity (Wildman–Crippen MR) is 94.7 cm³/mol. The molecule has 0 atom stereocenters. The van der Waals surface area contributed by atoms with Crippen molar-refractivity contribution in [3.05, 3.63) is 63.9 Å². The Hall–Kier alpha value is -2.58. The second kappa shape index (κ2) is 6.38. The van der Waals surface area contributed by atoms with Gasteiger partial charge >= 0.3 is 0 Å². The first-order chi connectivity index (χ1) is 12.1. The number of aromatic nitrogens is 5. The number of nitrogens with zero attached hydrogens (tertiary/aromatic N) is 5. The Morgan fingerprint density at radius 2 is 2.16 bits per heavy atom.